The number of nitrogens with zero attached hydrogens (tertiary/aromatic N) is 4. The molecule has 3 saturated heterocycles. The number of fused-ring (bicyclic) bond motifs is 1. The zero-order valence-electron chi connectivity index (χ0n) is 17.8. The first-order chi connectivity index (χ1) is 15.8. The van der Waals surface area contributed by atoms with E-state index in [0.29, 0.717) is 20.1 Å². The van der Waals surface area contributed by atoms with Gasteiger partial charge in [-0.2, -0.15) is 0 Å². The summed E-state index contributed by atoms with van der Waals surface area (Å²) in [5.74, 6) is -1.77. The second kappa shape index (κ2) is 7.57. The number of carbonyl (C=O) groups excluding carboxylic acids is 4. The minimum atomic E-state index is -2.11. The fourth-order valence-electron chi connectivity index (χ4n) is 5.26. The van der Waals surface area contributed by atoms with Gasteiger partial charge < -0.3 is 14.2 Å². The molecule has 3 fully saturated rings. The summed E-state index contributed by atoms with van der Waals surface area (Å²) in [5, 5.41) is 0. The van der Waals surface area contributed by atoms with Crippen LogP contribution in [0.5, 0.6) is 0 Å². The van der Waals surface area contributed by atoms with Crippen molar-refractivity contribution in [3.8, 4) is 0 Å². The van der Waals surface area contributed by atoms with Gasteiger partial charge >= 0.3 is 24.0 Å². The van der Waals surface area contributed by atoms with Crippen molar-refractivity contribution in [2.75, 3.05) is 26.7 Å². The number of benzene rings is 1. The Bertz CT molecular complexity index is 1040. The molecule has 0 N–H and O–H groups in total. The van der Waals surface area contributed by atoms with Crippen molar-refractivity contribution in [2.45, 2.75) is 38.3 Å². The van der Waals surface area contributed by atoms with E-state index >= 15 is 0 Å². The molecular formula is C20H20Br2N4O7. The van der Waals surface area contributed by atoms with Crippen LogP contribution in [0.1, 0.15) is 25.0 Å². The molecule has 11 nitrogen and oxygen atoms in total. The van der Waals surface area contributed by atoms with Crippen molar-refractivity contribution in [3.05, 3.63) is 32.2 Å². The van der Waals surface area contributed by atoms with Crippen LogP contribution in [0, 0.1) is 0 Å². The van der Waals surface area contributed by atoms with E-state index in [2.05, 4.69) is 31.9 Å². The number of hydrogen-bond acceptors (Lipinski definition) is 7. The first-order valence-corrected chi connectivity index (χ1v) is 11.9. The Morgan fingerprint density at radius 1 is 0.848 bits per heavy atom. The zero-order valence-corrected chi connectivity index (χ0v) is 21.0. The number of halogens is 2. The van der Waals surface area contributed by atoms with E-state index in [1.54, 1.807) is 13.8 Å². The maximum absolute atomic E-state index is 13.8. The molecule has 0 saturated carbocycles. The third-order valence-electron chi connectivity index (χ3n) is 6.48. The van der Waals surface area contributed by atoms with Crippen LogP contribution in [0.15, 0.2) is 21.1 Å². The fourth-order valence-corrected chi connectivity index (χ4v) is 6.25. The summed E-state index contributed by atoms with van der Waals surface area (Å²) in [6.07, 6.45) is 0. The minimum absolute atomic E-state index is 0.0122. The van der Waals surface area contributed by atoms with Crippen molar-refractivity contribution in [3.63, 3.8) is 0 Å². The molecule has 4 aliphatic heterocycles. The molecule has 176 valence electrons. The van der Waals surface area contributed by atoms with E-state index < -0.39 is 35.3 Å². The molecule has 1 aromatic carbocycles. The van der Waals surface area contributed by atoms with Crippen LogP contribution >= 0.6 is 31.9 Å². The van der Waals surface area contributed by atoms with E-state index in [9.17, 15) is 19.2 Å². The van der Waals surface area contributed by atoms with E-state index in [1.165, 1.54) is 9.80 Å². The Morgan fingerprint density at radius 3 is 1.64 bits per heavy atom. The van der Waals surface area contributed by atoms with Crippen LogP contribution in [0.25, 0.3) is 0 Å². The Morgan fingerprint density at radius 2 is 1.24 bits per heavy atom. The van der Waals surface area contributed by atoms with E-state index in [-0.39, 0.29) is 39.8 Å². The van der Waals surface area contributed by atoms with Gasteiger partial charge in [-0.1, -0.05) is 31.9 Å². The van der Waals surface area contributed by atoms with Gasteiger partial charge in [0.1, 0.15) is 13.5 Å². The maximum atomic E-state index is 13.8. The van der Waals surface area contributed by atoms with Gasteiger partial charge in [-0.25, -0.2) is 19.2 Å². The zero-order chi connectivity index (χ0) is 23.7. The molecular weight excluding hydrogens is 568 g/mol. The van der Waals surface area contributed by atoms with Gasteiger partial charge in [-0.15, -0.1) is 0 Å². The molecule has 1 aromatic rings. The van der Waals surface area contributed by atoms with Crippen LogP contribution in [0.3, 0.4) is 0 Å². The van der Waals surface area contributed by atoms with Gasteiger partial charge in [0.2, 0.25) is 0 Å². The summed E-state index contributed by atoms with van der Waals surface area (Å²) in [7, 11) is 0. The number of ether oxygens (including phenoxy) is 3. The summed E-state index contributed by atoms with van der Waals surface area (Å²) in [4.78, 5) is 59.8. The molecule has 5 rings (SSSR count). The van der Waals surface area contributed by atoms with E-state index in [1.807, 2.05) is 12.1 Å². The smallest absolute Gasteiger partial charge is 0.359 e. The highest BCUT2D eigenvalue weighted by Crippen LogP contribution is 2.57. The number of amides is 4. The third-order valence-corrected chi connectivity index (χ3v) is 7.97. The van der Waals surface area contributed by atoms with Crippen LogP contribution < -0.4 is 0 Å². The lowest BCUT2D eigenvalue weighted by atomic mass is 9.90. The average molecular weight is 588 g/mol. The third kappa shape index (κ3) is 2.47. The van der Waals surface area contributed by atoms with E-state index in [0.717, 1.165) is 9.80 Å². The van der Waals surface area contributed by atoms with Crippen molar-refractivity contribution in [1.29, 1.82) is 0 Å². The number of esters is 2. The monoisotopic (exact) mass is 586 g/mol. The van der Waals surface area contributed by atoms with Crippen molar-refractivity contribution in [1.82, 2.24) is 19.6 Å². The van der Waals surface area contributed by atoms with Gasteiger partial charge in [-0.3, -0.25) is 19.6 Å². The number of hydrogen-bond donors (Lipinski definition) is 0. The second-order valence-electron chi connectivity index (χ2n) is 7.83. The standard InChI is InChI=1S/C20H20Br2N4O7/c1-3-32-15(27)19-20(16(28)33-4-2)25-9-31-10-26(20)18(30)24(19)8-12-11(7-23(19)17(25)29)13(21)5-6-14(12)22/h5-6H,3-4,7-10H2,1-2H3. The van der Waals surface area contributed by atoms with Crippen LogP contribution in [0.2, 0.25) is 0 Å². The molecule has 4 heterocycles. The highest BCUT2D eigenvalue weighted by atomic mass is 79.9. The lowest BCUT2D eigenvalue weighted by Crippen LogP contribution is -2.77. The summed E-state index contributed by atoms with van der Waals surface area (Å²) >= 11 is 7.05. The molecule has 0 aromatic heterocycles. The average Bonchev–Trinajstić information content (AvgIpc) is 3.06. The van der Waals surface area contributed by atoms with Crippen molar-refractivity contribution < 1.29 is 33.4 Å². The summed E-state index contributed by atoms with van der Waals surface area (Å²) in [6.45, 7) is 2.52. The SMILES string of the molecule is CCOC(=O)C12N3COCN1C(=O)N1Cc4c(Br)ccc(Br)c4CN(C3=O)C12C(=O)OCC. The molecule has 0 bridgehead atoms. The molecule has 13 heteroatoms. The highest BCUT2D eigenvalue weighted by molar-refractivity contribution is 9.11. The molecule has 0 aliphatic carbocycles. The minimum Gasteiger partial charge on any atom is -0.463 e. The van der Waals surface area contributed by atoms with Crippen molar-refractivity contribution in [2.24, 2.45) is 0 Å². The highest BCUT2D eigenvalue weighted by Gasteiger charge is 2.88. The molecule has 0 spiro atoms. The van der Waals surface area contributed by atoms with Gasteiger partial charge in [-0.05, 0) is 37.1 Å². The number of carbonyl (C=O) groups is 4. The van der Waals surface area contributed by atoms with Gasteiger partial charge in [0.25, 0.3) is 11.3 Å². The first kappa shape index (κ1) is 22.4. The predicted molar refractivity (Wildman–Crippen MR) is 117 cm³/mol. The Kier molecular flexibility index (Phi) is 5.14. The predicted octanol–water partition coefficient (Wildman–Crippen LogP) is 2.16. The largest absolute Gasteiger partial charge is 0.463 e. The summed E-state index contributed by atoms with van der Waals surface area (Å²) in [5.41, 5.74) is -2.79. The lowest BCUT2D eigenvalue weighted by molar-refractivity contribution is -0.212. The topological polar surface area (TPSA) is 109 Å². The molecule has 4 amide bonds. The number of urea groups is 2. The van der Waals surface area contributed by atoms with Crippen LogP contribution in [-0.2, 0) is 36.9 Å². The first-order valence-electron chi connectivity index (χ1n) is 10.3. The van der Waals surface area contributed by atoms with Gasteiger partial charge in [0.05, 0.1) is 26.3 Å². The molecule has 0 radical (unpaired) electrons. The van der Waals surface area contributed by atoms with Crippen LogP contribution in [-0.4, -0.2) is 81.6 Å². The molecule has 0 atom stereocenters. The summed E-state index contributed by atoms with van der Waals surface area (Å²) < 4.78 is 17.7. The molecule has 4 aliphatic rings. The Hall–Kier alpha value is -2.38. The quantitative estimate of drug-likeness (QED) is 0.497. The Balaban J connectivity index is 1.86. The van der Waals surface area contributed by atoms with Gasteiger partial charge in [0, 0.05) is 8.95 Å². The van der Waals surface area contributed by atoms with E-state index in [4.69, 9.17) is 14.2 Å². The summed E-state index contributed by atoms with van der Waals surface area (Å²) in [6, 6.07) is 2.33. The van der Waals surface area contributed by atoms with Gasteiger partial charge in [0.15, 0.2) is 0 Å². The molecule has 0 unspecified atom stereocenters. The second-order valence-corrected chi connectivity index (χ2v) is 9.54. The van der Waals surface area contributed by atoms with Crippen LogP contribution in [0.4, 0.5) is 9.59 Å². The normalized spacial score (nSPS) is 27.4. The Labute approximate surface area is 205 Å². The molecule has 33 heavy (non-hydrogen) atoms. The number of rotatable bonds is 4. The van der Waals surface area contributed by atoms with Crippen molar-refractivity contribution >= 4 is 55.9 Å². The fraction of sp³-hybridized carbons (Fsp3) is 0.500. The lowest BCUT2D eigenvalue weighted by Gasteiger charge is -2.46. The maximum Gasteiger partial charge on any atom is 0.359 e.